The number of nitrogens with zero attached hydrogens (tertiary/aromatic N) is 8. The Morgan fingerprint density at radius 3 is 2.06 bits per heavy atom. The van der Waals surface area contributed by atoms with Crippen LogP contribution in [0.5, 0.6) is 0 Å². The number of carbonyl (C=O) groups excluding carboxylic acids is 1. The number of carbonyl (C=O) groups is 1. The molecule has 10 heteroatoms. The van der Waals surface area contributed by atoms with E-state index in [-0.39, 0.29) is 47.5 Å². The summed E-state index contributed by atoms with van der Waals surface area (Å²) in [6.45, 7) is 15.1. The minimum atomic E-state index is -0.271. The molecule has 1 aliphatic heterocycles. The van der Waals surface area contributed by atoms with Gasteiger partial charge in [0.2, 0.25) is 0 Å². The van der Waals surface area contributed by atoms with Crippen molar-refractivity contribution >= 4 is 11.9 Å². The summed E-state index contributed by atoms with van der Waals surface area (Å²) >= 11 is 0. The lowest BCUT2D eigenvalue weighted by Gasteiger charge is -2.44. The van der Waals surface area contributed by atoms with E-state index in [1.807, 2.05) is 79.7 Å². The molecular formula is C26H32N8O2. The van der Waals surface area contributed by atoms with Crippen LogP contribution in [0.3, 0.4) is 0 Å². The highest BCUT2D eigenvalue weighted by Gasteiger charge is 2.24. The third kappa shape index (κ3) is 6.08. The topological polar surface area (TPSA) is 102 Å². The van der Waals surface area contributed by atoms with Crippen molar-refractivity contribution in [2.75, 3.05) is 0 Å². The molecule has 2 heterocycles. The molecule has 0 atom stereocenters. The van der Waals surface area contributed by atoms with Gasteiger partial charge in [-0.3, -0.25) is 0 Å². The van der Waals surface area contributed by atoms with Crippen molar-refractivity contribution in [3.05, 3.63) is 57.1 Å². The normalized spacial score (nSPS) is 13.4. The first kappa shape index (κ1) is 26.4. The Hall–Kier alpha value is -4.18. The molecule has 1 aromatic carbocycles. The van der Waals surface area contributed by atoms with Gasteiger partial charge in [-0.25, -0.2) is 4.79 Å². The highest BCUT2D eigenvalue weighted by atomic mass is 16.2. The fraction of sp³-hybridized carbons (Fsp3) is 0.462. The zero-order chi connectivity index (χ0) is 26.6. The summed E-state index contributed by atoms with van der Waals surface area (Å²) in [5, 5.41) is 15.7. The second-order valence-electron chi connectivity index (χ2n) is 9.45. The Kier molecular flexibility index (Phi) is 8.11. The summed E-state index contributed by atoms with van der Waals surface area (Å²) in [4.78, 5) is 25.1. The molecule has 1 aliphatic rings. The lowest BCUT2D eigenvalue weighted by atomic mass is 10.1. The standard InChI is InChI=1S/C26H32N8O2/c1-17(2)31-25(35)32(18(3)4)28-23(27-31)14-12-21-10-9-11-22(16-21)13-15-24-29-33(19(5)6)26(36)34(30-24)20(7)8/h9-11,16-20H,1-8H3. The van der Waals surface area contributed by atoms with Gasteiger partial charge in [-0.05, 0) is 89.7 Å². The summed E-state index contributed by atoms with van der Waals surface area (Å²) in [6.07, 6.45) is 0. The zero-order valence-electron chi connectivity index (χ0n) is 22.0. The Morgan fingerprint density at radius 1 is 0.861 bits per heavy atom. The van der Waals surface area contributed by atoms with Gasteiger partial charge in [0.1, 0.15) is 12.1 Å². The lowest BCUT2D eigenvalue weighted by molar-refractivity contribution is -0.789. The highest BCUT2D eigenvalue weighted by Crippen LogP contribution is 2.19. The van der Waals surface area contributed by atoms with Gasteiger partial charge in [0.15, 0.2) is 0 Å². The molecule has 0 unspecified atom stereocenters. The van der Waals surface area contributed by atoms with Gasteiger partial charge in [-0.1, -0.05) is 33.2 Å². The maximum atomic E-state index is 12.6. The molecule has 0 saturated carbocycles. The minimum Gasteiger partial charge on any atom is -0.360 e. The number of amides is 2. The number of hydrazone groups is 1. The summed E-state index contributed by atoms with van der Waals surface area (Å²) in [7, 11) is 0. The molecular weight excluding hydrogens is 456 g/mol. The van der Waals surface area contributed by atoms with E-state index in [1.54, 1.807) is 0 Å². The molecule has 0 spiro atoms. The molecule has 0 aliphatic carbocycles. The summed E-state index contributed by atoms with van der Waals surface area (Å²) < 4.78 is 2.78. The Morgan fingerprint density at radius 2 is 1.50 bits per heavy atom. The molecule has 0 fully saturated rings. The zero-order valence-corrected chi connectivity index (χ0v) is 22.0. The van der Waals surface area contributed by atoms with E-state index < -0.39 is 0 Å². The number of amidine groups is 1. The maximum Gasteiger partial charge on any atom is 0.540 e. The summed E-state index contributed by atoms with van der Waals surface area (Å²) in [6, 6.07) is 6.65. The predicted molar refractivity (Wildman–Crippen MR) is 137 cm³/mol. The first-order chi connectivity index (χ1) is 17.0. The Bertz CT molecular complexity index is 1320. The fourth-order valence-electron chi connectivity index (χ4n) is 3.21. The van der Waals surface area contributed by atoms with Crippen LogP contribution in [0.25, 0.3) is 5.43 Å². The lowest BCUT2D eigenvalue weighted by Crippen LogP contribution is -2.60. The van der Waals surface area contributed by atoms with Crippen molar-refractivity contribution in [2.45, 2.75) is 79.6 Å². The highest BCUT2D eigenvalue weighted by molar-refractivity contribution is 6.11. The van der Waals surface area contributed by atoms with Gasteiger partial charge in [-0.2, -0.15) is 4.79 Å². The average molecular weight is 489 g/mol. The van der Waals surface area contributed by atoms with Crippen molar-refractivity contribution in [1.29, 1.82) is 0 Å². The van der Waals surface area contributed by atoms with Gasteiger partial charge < -0.3 is 20.5 Å². The minimum absolute atomic E-state index is 0.119. The van der Waals surface area contributed by atoms with Gasteiger partial charge >= 0.3 is 11.7 Å². The number of aromatic nitrogens is 4. The number of hydrogen-bond donors (Lipinski definition) is 0. The SMILES string of the molecule is CC(C)N1N=C(C#Cc2cccc(C#Cc3nn(C(C)C)c(=O)[n+](C(C)C)n3)c2)[N-]N(C(C)C)C1=O. The second-order valence-corrected chi connectivity index (χ2v) is 9.45. The van der Waals surface area contributed by atoms with Crippen LogP contribution in [0.2, 0.25) is 0 Å². The van der Waals surface area contributed by atoms with Gasteiger partial charge in [0, 0.05) is 29.0 Å². The van der Waals surface area contributed by atoms with Gasteiger partial charge in [-0.15, -0.1) is 0 Å². The van der Waals surface area contributed by atoms with Crippen LogP contribution in [-0.2, 0) is 0 Å². The molecule has 0 N–H and O–H groups in total. The molecule has 10 nitrogen and oxygen atoms in total. The number of rotatable bonds is 4. The number of hydrogen-bond acceptors (Lipinski definition) is 5. The molecule has 1 aromatic heterocycles. The van der Waals surface area contributed by atoms with Crippen molar-refractivity contribution < 1.29 is 9.48 Å². The van der Waals surface area contributed by atoms with E-state index in [0.717, 1.165) is 0 Å². The van der Waals surface area contributed by atoms with E-state index in [1.165, 1.54) is 19.4 Å². The monoisotopic (exact) mass is 488 g/mol. The molecule has 188 valence electrons. The quantitative estimate of drug-likeness (QED) is 0.488. The Labute approximate surface area is 212 Å². The summed E-state index contributed by atoms with van der Waals surface area (Å²) in [5.41, 5.74) is 5.47. The predicted octanol–water partition coefficient (Wildman–Crippen LogP) is 3.00. The van der Waals surface area contributed by atoms with Crippen LogP contribution in [-0.4, -0.2) is 48.8 Å². The molecule has 2 aromatic rings. The Balaban J connectivity index is 1.90. The van der Waals surface area contributed by atoms with Crippen molar-refractivity contribution in [2.24, 2.45) is 5.10 Å². The van der Waals surface area contributed by atoms with Crippen LogP contribution in [0, 0.1) is 23.7 Å². The molecule has 2 amide bonds. The van der Waals surface area contributed by atoms with Crippen LogP contribution in [0.15, 0.2) is 34.2 Å². The van der Waals surface area contributed by atoms with Crippen LogP contribution in [0.1, 0.15) is 84.4 Å². The number of benzene rings is 1. The largest absolute Gasteiger partial charge is 0.540 e. The van der Waals surface area contributed by atoms with Gasteiger partial charge in [0.05, 0.1) is 0 Å². The summed E-state index contributed by atoms with van der Waals surface area (Å²) in [5.74, 6) is 12.5. The molecule has 0 saturated heterocycles. The van der Waals surface area contributed by atoms with E-state index in [9.17, 15) is 9.59 Å². The van der Waals surface area contributed by atoms with E-state index in [4.69, 9.17) is 0 Å². The fourth-order valence-corrected chi connectivity index (χ4v) is 3.21. The van der Waals surface area contributed by atoms with Crippen molar-refractivity contribution in [3.63, 3.8) is 0 Å². The van der Waals surface area contributed by atoms with Crippen LogP contribution >= 0.6 is 0 Å². The third-order valence-electron chi connectivity index (χ3n) is 5.05. The first-order valence-corrected chi connectivity index (χ1v) is 12.0. The van der Waals surface area contributed by atoms with E-state index in [0.29, 0.717) is 11.1 Å². The van der Waals surface area contributed by atoms with Crippen molar-refractivity contribution in [1.82, 2.24) is 24.9 Å². The third-order valence-corrected chi connectivity index (χ3v) is 5.05. The molecule has 0 radical (unpaired) electrons. The first-order valence-electron chi connectivity index (χ1n) is 12.0. The van der Waals surface area contributed by atoms with Crippen LogP contribution < -0.4 is 10.4 Å². The second kappa shape index (κ2) is 11.0. The van der Waals surface area contributed by atoms with E-state index >= 15 is 0 Å². The maximum absolute atomic E-state index is 12.6. The molecule has 36 heavy (non-hydrogen) atoms. The smallest absolute Gasteiger partial charge is 0.360 e. The van der Waals surface area contributed by atoms with E-state index in [2.05, 4.69) is 44.4 Å². The van der Waals surface area contributed by atoms with Crippen molar-refractivity contribution in [3.8, 4) is 23.7 Å². The molecule has 0 bridgehead atoms. The van der Waals surface area contributed by atoms with Crippen LogP contribution in [0.4, 0.5) is 4.79 Å². The van der Waals surface area contributed by atoms with Gasteiger partial charge in [0.25, 0.3) is 5.82 Å². The molecule has 3 rings (SSSR count). The average Bonchev–Trinajstić information content (AvgIpc) is 2.82. The number of urea groups is 1.